The summed E-state index contributed by atoms with van der Waals surface area (Å²) < 4.78 is 1.25. The van der Waals surface area contributed by atoms with Gasteiger partial charge in [0.1, 0.15) is 0 Å². The Morgan fingerprint density at radius 2 is 2.21 bits per heavy atom. The molecule has 0 saturated carbocycles. The number of tetrazole rings is 1. The number of hydrogen-bond donors (Lipinski definition) is 2. The van der Waals surface area contributed by atoms with E-state index in [-0.39, 0.29) is 17.9 Å². The van der Waals surface area contributed by atoms with Crippen LogP contribution in [0.25, 0.3) is 0 Å². The van der Waals surface area contributed by atoms with Crippen LogP contribution in [-0.4, -0.2) is 37.2 Å². The van der Waals surface area contributed by atoms with Crippen molar-refractivity contribution in [2.75, 3.05) is 0 Å². The molecule has 0 fully saturated rings. The monoisotopic (exact) mass is 261 g/mol. The minimum atomic E-state index is -1.01. The Kier molecular flexibility index (Phi) is 3.51. The lowest BCUT2D eigenvalue weighted by Crippen LogP contribution is -2.26. The zero-order valence-corrected chi connectivity index (χ0v) is 10.1. The van der Waals surface area contributed by atoms with Crippen LogP contribution in [0.15, 0.2) is 24.3 Å². The molecule has 0 bridgehead atoms. The van der Waals surface area contributed by atoms with E-state index in [0.717, 1.165) is 0 Å². The van der Waals surface area contributed by atoms with Crippen LogP contribution in [-0.2, 0) is 13.6 Å². The summed E-state index contributed by atoms with van der Waals surface area (Å²) in [6.07, 6.45) is 0. The summed E-state index contributed by atoms with van der Waals surface area (Å²) in [5.74, 6) is -1.34. The van der Waals surface area contributed by atoms with Gasteiger partial charge in [0.2, 0.25) is 5.82 Å². The molecule has 0 aliphatic carbocycles. The molecular weight excluding hydrogens is 250 g/mol. The lowest BCUT2D eigenvalue weighted by molar-refractivity contribution is 0.0696. The maximum Gasteiger partial charge on any atom is 0.335 e. The average Bonchev–Trinajstić information content (AvgIpc) is 2.82. The number of aryl methyl sites for hydroxylation is 1. The highest BCUT2D eigenvalue weighted by Gasteiger charge is 2.12. The van der Waals surface area contributed by atoms with Gasteiger partial charge in [-0.25, -0.2) is 9.48 Å². The quantitative estimate of drug-likeness (QED) is 0.791. The van der Waals surface area contributed by atoms with E-state index in [4.69, 9.17) is 5.11 Å². The molecular formula is C11H11N5O3. The molecule has 0 unspecified atom stereocenters. The molecule has 0 aliphatic heterocycles. The van der Waals surface area contributed by atoms with E-state index in [0.29, 0.717) is 5.56 Å². The van der Waals surface area contributed by atoms with Gasteiger partial charge in [-0.15, -0.1) is 5.10 Å². The molecule has 1 amide bonds. The summed E-state index contributed by atoms with van der Waals surface area (Å²) in [6.45, 7) is 0.201. The van der Waals surface area contributed by atoms with Crippen molar-refractivity contribution in [3.05, 3.63) is 41.2 Å². The highest BCUT2D eigenvalue weighted by molar-refractivity contribution is 5.90. The number of nitrogens with zero attached hydrogens (tertiary/aromatic N) is 4. The number of hydrogen-bond acceptors (Lipinski definition) is 5. The fraction of sp³-hybridized carbons (Fsp3) is 0.182. The zero-order valence-electron chi connectivity index (χ0n) is 10.1. The van der Waals surface area contributed by atoms with Crippen molar-refractivity contribution in [1.82, 2.24) is 25.5 Å². The number of aromatic nitrogens is 4. The number of carboxylic acid groups (broad SMARTS) is 1. The van der Waals surface area contributed by atoms with Gasteiger partial charge in [-0.3, -0.25) is 4.79 Å². The SMILES string of the molecule is Cn1nnnc1C(=O)NCc1cccc(C(=O)O)c1. The Morgan fingerprint density at radius 3 is 2.84 bits per heavy atom. The van der Waals surface area contributed by atoms with Crippen molar-refractivity contribution >= 4 is 11.9 Å². The van der Waals surface area contributed by atoms with Crippen LogP contribution in [0.2, 0.25) is 0 Å². The molecule has 0 atom stereocenters. The zero-order chi connectivity index (χ0) is 13.8. The number of rotatable bonds is 4. The van der Waals surface area contributed by atoms with Gasteiger partial charge >= 0.3 is 5.97 Å². The third-order valence-electron chi connectivity index (χ3n) is 2.45. The summed E-state index contributed by atoms with van der Waals surface area (Å²) in [4.78, 5) is 22.5. The van der Waals surface area contributed by atoms with Gasteiger partial charge < -0.3 is 10.4 Å². The number of carbonyl (C=O) groups is 2. The summed E-state index contributed by atoms with van der Waals surface area (Å²) in [7, 11) is 1.56. The number of carbonyl (C=O) groups excluding carboxylic acids is 1. The third-order valence-corrected chi connectivity index (χ3v) is 2.45. The number of aromatic carboxylic acids is 1. The first-order valence-corrected chi connectivity index (χ1v) is 5.40. The minimum absolute atomic E-state index is 0.0920. The highest BCUT2D eigenvalue weighted by Crippen LogP contribution is 2.05. The Morgan fingerprint density at radius 1 is 1.42 bits per heavy atom. The van der Waals surface area contributed by atoms with Gasteiger partial charge in [-0.1, -0.05) is 12.1 Å². The van der Waals surface area contributed by atoms with Crippen LogP contribution >= 0.6 is 0 Å². The normalized spacial score (nSPS) is 10.2. The molecule has 2 N–H and O–H groups in total. The predicted molar refractivity (Wildman–Crippen MR) is 63.4 cm³/mol. The molecule has 1 aromatic heterocycles. The smallest absolute Gasteiger partial charge is 0.335 e. The third kappa shape index (κ3) is 2.92. The first-order valence-electron chi connectivity index (χ1n) is 5.40. The molecule has 8 heteroatoms. The van der Waals surface area contributed by atoms with Crippen molar-refractivity contribution in [2.24, 2.45) is 7.05 Å². The lowest BCUT2D eigenvalue weighted by Gasteiger charge is -2.04. The van der Waals surface area contributed by atoms with E-state index in [2.05, 4.69) is 20.8 Å². The molecule has 8 nitrogen and oxygen atoms in total. The molecule has 1 heterocycles. The number of benzene rings is 1. The second-order valence-corrected chi connectivity index (χ2v) is 3.81. The van der Waals surface area contributed by atoms with Crippen molar-refractivity contribution in [3.63, 3.8) is 0 Å². The van der Waals surface area contributed by atoms with E-state index >= 15 is 0 Å². The number of nitrogens with one attached hydrogen (secondary N) is 1. The van der Waals surface area contributed by atoms with Crippen LogP contribution in [0.1, 0.15) is 26.5 Å². The Hall–Kier alpha value is -2.77. The van der Waals surface area contributed by atoms with Gasteiger partial charge in [0, 0.05) is 13.6 Å². The molecule has 1 aromatic carbocycles. The Labute approximate surface area is 108 Å². The minimum Gasteiger partial charge on any atom is -0.478 e. The van der Waals surface area contributed by atoms with E-state index < -0.39 is 11.9 Å². The maximum absolute atomic E-state index is 11.7. The predicted octanol–water partition coefficient (Wildman–Crippen LogP) is -0.162. The second kappa shape index (κ2) is 5.25. The Balaban J connectivity index is 2.03. The van der Waals surface area contributed by atoms with Crippen molar-refractivity contribution in [1.29, 1.82) is 0 Å². The van der Waals surface area contributed by atoms with Gasteiger partial charge in [0.25, 0.3) is 5.91 Å². The van der Waals surface area contributed by atoms with Crippen molar-refractivity contribution in [2.45, 2.75) is 6.54 Å². The molecule has 19 heavy (non-hydrogen) atoms. The van der Waals surface area contributed by atoms with Crippen LogP contribution < -0.4 is 5.32 Å². The van der Waals surface area contributed by atoms with Crippen LogP contribution in [0.5, 0.6) is 0 Å². The molecule has 0 spiro atoms. The van der Waals surface area contributed by atoms with Gasteiger partial charge in [-0.05, 0) is 28.1 Å². The van der Waals surface area contributed by atoms with E-state index in [1.807, 2.05) is 0 Å². The standard InChI is InChI=1S/C11H11N5O3/c1-16-9(13-14-15-16)10(17)12-6-7-3-2-4-8(5-7)11(18)19/h2-5H,6H2,1H3,(H,12,17)(H,18,19). The van der Waals surface area contributed by atoms with E-state index in [1.54, 1.807) is 19.2 Å². The highest BCUT2D eigenvalue weighted by atomic mass is 16.4. The fourth-order valence-corrected chi connectivity index (χ4v) is 1.50. The molecule has 0 saturated heterocycles. The molecule has 0 radical (unpaired) electrons. The molecule has 2 rings (SSSR count). The summed E-state index contributed by atoms with van der Waals surface area (Å²) in [5, 5.41) is 21.9. The number of amides is 1. The first kappa shape index (κ1) is 12.7. The van der Waals surface area contributed by atoms with Crippen LogP contribution in [0.4, 0.5) is 0 Å². The fourth-order valence-electron chi connectivity index (χ4n) is 1.50. The maximum atomic E-state index is 11.7. The summed E-state index contributed by atoms with van der Waals surface area (Å²) in [5.41, 5.74) is 0.857. The second-order valence-electron chi connectivity index (χ2n) is 3.81. The van der Waals surface area contributed by atoms with Crippen molar-refractivity contribution in [3.8, 4) is 0 Å². The van der Waals surface area contributed by atoms with Crippen molar-refractivity contribution < 1.29 is 14.7 Å². The summed E-state index contributed by atoms with van der Waals surface area (Å²) in [6, 6.07) is 6.33. The van der Waals surface area contributed by atoms with E-state index in [1.165, 1.54) is 16.8 Å². The average molecular weight is 261 g/mol. The molecule has 98 valence electrons. The lowest BCUT2D eigenvalue weighted by atomic mass is 10.1. The van der Waals surface area contributed by atoms with Gasteiger partial charge in [-0.2, -0.15) is 0 Å². The topological polar surface area (TPSA) is 110 Å². The first-order chi connectivity index (χ1) is 9.08. The van der Waals surface area contributed by atoms with Crippen LogP contribution in [0.3, 0.4) is 0 Å². The van der Waals surface area contributed by atoms with Crippen LogP contribution in [0, 0.1) is 0 Å². The summed E-state index contributed by atoms with van der Waals surface area (Å²) >= 11 is 0. The Bertz CT molecular complexity index is 622. The molecule has 2 aromatic rings. The largest absolute Gasteiger partial charge is 0.478 e. The number of carboxylic acids is 1. The van der Waals surface area contributed by atoms with Gasteiger partial charge in [0.15, 0.2) is 0 Å². The molecule has 0 aliphatic rings. The van der Waals surface area contributed by atoms with Gasteiger partial charge in [0.05, 0.1) is 5.56 Å². The van der Waals surface area contributed by atoms with E-state index in [9.17, 15) is 9.59 Å².